The molecule has 0 unspecified atom stereocenters. The lowest BCUT2D eigenvalue weighted by Crippen LogP contribution is -2.46. The van der Waals surface area contributed by atoms with Crippen LogP contribution in [0.4, 0.5) is 0 Å². The zero-order valence-electron chi connectivity index (χ0n) is 10.5. The lowest BCUT2D eigenvalue weighted by Gasteiger charge is -2.25. The maximum atomic E-state index is 11.7. The van der Waals surface area contributed by atoms with Gasteiger partial charge in [0, 0.05) is 6.54 Å². The van der Waals surface area contributed by atoms with Crippen molar-refractivity contribution in [2.24, 2.45) is 11.7 Å². The molecule has 5 nitrogen and oxygen atoms in total. The second-order valence-electron chi connectivity index (χ2n) is 4.21. The Hall–Kier alpha value is -1.10. The Labute approximate surface area is 96.9 Å². The molecule has 0 aromatic rings. The van der Waals surface area contributed by atoms with Gasteiger partial charge in [-0.3, -0.25) is 9.59 Å². The smallest absolute Gasteiger partial charge is 0.325 e. The molecule has 16 heavy (non-hydrogen) atoms. The Bertz CT molecular complexity index is 239. The molecule has 1 atom stereocenters. The topological polar surface area (TPSA) is 72.6 Å². The summed E-state index contributed by atoms with van der Waals surface area (Å²) in [6.45, 7) is 8.12. The van der Waals surface area contributed by atoms with Crippen molar-refractivity contribution in [3.05, 3.63) is 0 Å². The third kappa shape index (κ3) is 5.70. The van der Waals surface area contributed by atoms with Crippen LogP contribution in [-0.2, 0) is 14.3 Å². The van der Waals surface area contributed by atoms with E-state index in [1.165, 1.54) is 4.90 Å². The van der Waals surface area contributed by atoms with Gasteiger partial charge in [-0.2, -0.15) is 0 Å². The predicted octanol–water partition coefficient (Wildman–Crippen LogP) is 0.381. The molecule has 0 heterocycles. The van der Waals surface area contributed by atoms with Gasteiger partial charge in [0.05, 0.1) is 12.6 Å². The third-order valence-electron chi connectivity index (χ3n) is 1.91. The van der Waals surface area contributed by atoms with Gasteiger partial charge >= 0.3 is 5.97 Å². The number of nitrogens with two attached hydrogens (primary N) is 1. The molecule has 0 bridgehead atoms. The lowest BCUT2D eigenvalue weighted by molar-refractivity contribution is -0.149. The van der Waals surface area contributed by atoms with Gasteiger partial charge in [0.1, 0.15) is 6.54 Å². The summed E-state index contributed by atoms with van der Waals surface area (Å²) in [5, 5.41) is 0. The highest BCUT2D eigenvalue weighted by Crippen LogP contribution is 2.01. The van der Waals surface area contributed by atoms with E-state index in [0.717, 1.165) is 0 Å². The summed E-state index contributed by atoms with van der Waals surface area (Å²) in [7, 11) is 0. The van der Waals surface area contributed by atoms with Crippen LogP contribution in [0.25, 0.3) is 0 Å². The van der Waals surface area contributed by atoms with Crippen LogP contribution in [-0.4, -0.2) is 42.5 Å². The SMILES string of the molecule is CCOC(=O)CN(CC(C)C)C(=O)[C@@H](C)N. The predicted molar refractivity (Wildman–Crippen MR) is 61.7 cm³/mol. The molecule has 0 aromatic carbocycles. The fraction of sp³-hybridized carbons (Fsp3) is 0.818. The van der Waals surface area contributed by atoms with E-state index in [1.807, 2.05) is 13.8 Å². The van der Waals surface area contributed by atoms with Crippen LogP contribution in [0.1, 0.15) is 27.7 Å². The summed E-state index contributed by atoms with van der Waals surface area (Å²) in [6, 6.07) is -0.590. The first-order chi connectivity index (χ1) is 7.38. The molecule has 0 aliphatic heterocycles. The Morgan fingerprint density at radius 2 is 1.88 bits per heavy atom. The van der Waals surface area contributed by atoms with Crippen LogP contribution < -0.4 is 5.73 Å². The van der Waals surface area contributed by atoms with E-state index in [1.54, 1.807) is 13.8 Å². The van der Waals surface area contributed by atoms with Gasteiger partial charge in [0.25, 0.3) is 0 Å². The summed E-state index contributed by atoms with van der Waals surface area (Å²) < 4.78 is 4.81. The first-order valence-corrected chi connectivity index (χ1v) is 5.58. The maximum Gasteiger partial charge on any atom is 0.325 e. The van der Waals surface area contributed by atoms with Crippen LogP contribution in [0.3, 0.4) is 0 Å². The van der Waals surface area contributed by atoms with Crippen LogP contribution in [0, 0.1) is 5.92 Å². The summed E-state index contributed by atoms with van der Waals surface area (Å²) >= 11 is 0. The molecule has 0 fully saturated rings. The van der Waals surface area contributed by atoms with Crippen molar-refractivity contribution in [1.29, 1.82) is 0 Å². The zero-order valence-corrected chi connectivity index (χ0v) is 10.5. The third-order valence-corrected chi connectivity index (χ3v) is 1.91. The standard InChI is InChI=1S/C11H22N2O3/c1-5-16-10(14)7-13(6-8(2)3)11(15)9(4)12/h8-9H,5-7,12H2,1-4H3/t9-/m1/s1. The van der Waals surface area contributed by atoms with Crippen molar-refractivity contribution < 1.29 is 14.3 Å². The van der Waals surface area contributed by atoms with Crippen LogP contribution in [0.5, 0.6) is 0 Å². The van der Waals surface area contributed by atoms with Crippen molar-refractivity contribution in [3.8, 4) is 0 Å². The molecule has 0 aliphatic rings. The molecule has 0 rings (SSSR count). The Balaban J connectivity index is 4.43. The highest BCUT2D eigenvalue weighted by atomic mass is 16.5. The fourth-order valence-electron chi connectivity index (χ4n) is 1.32. The minimum absolute atomic E-state index is 0.0214. The van der Waals surface area contributed by atoms with E-state index in [4.69, 9.17) is 10.5 Å². The number of ether oxygens (including phenoxy) is 1. The van der Waals surface area contributed by atoms with E-state index < -0.39 is 12.0 Å². The maximum absolute atomic E-state index is 11.7. The molecule has 1 amide bonds. The van der Waals surface area contributed by atoms with E-state index >= 15 is 0 Å². The van der Waals surface area contributed by atoms with E-state index in [9.17, 15) is 9.59 Å². The monoisotopic (exact) mass is 230 g/mol. The summed E-state index contributed by atoms with van der Waals surface area (Å²) in [5.41, 5.74) is 5.52. The van der Waals surface area contributed by atoms with Crippen molar-refractivity contribution in [2.45, 2.75) is 33.7 Å². The van der Waals surface area contributed by atoms with Gasteiger partial charge in [-0.1, -0.05) is 13.8 Å². The molecule has 94 valence electrons. The zero-order chi connectivity index (χ0) is 12.7. The fourth-order valence-corrected chi connectivity index (χ4v) is 1.32. The van der Waals surface area contributed by atoms with Crippen LogP contribution >= 0.6 is 0 Å². The second kappa shape index (κ2) is 7.22. The van der Waals surface area contributed by atoms with Gasteiger partial charge in [-0.15, -0.1) is 0 Å². The number of hydrogen-bond donors (Lipinski definition) is 1. The number of hydrogen-bond acceptors (Lipinski definition) is 4. The summed E-state index contributed by atoms with van der Waals surface area (Å²) in [5.74, 6) is -0.323. The van der Waals surface area contributed by atoms with E-state index in [2.05, 4.69) is 0 Å². The molecule has 0 radical (unpaired) electrons. The largest absolute Gasteiger partial charge is 0.465 e. The van der Waals surface area contributed by atoms with E-state index in [0.29, 0.717) is 13.2 Å². The Kier molecular flexibility index (Phi) is 6.72. The molecule has 0 aliphatic carbocycles. The second-order valence-corrected chi connectivity index (χ2v) is 4.21. The molecule has 2 N–H and O–H groups in total. The number of rotatable bonds is 6. The lowest BCUT2D eigenvalue weighted by atomic mass is 10.2. The molecule has 0 spiro atoms. The number of amides is 1. The minimum atomic E-state index is -0.590. The average Bonchev–Trinajstić information content (AvgIpc) is 2.15. The molecular formula is C11H22N2O3. The molecule has 0 saturated heterocycles. The highest BCUT2D eigenvalue weighted by Gasteiger charge is 2.21. The van der Waals surface area contributed by atoms with Crippen LogP contribution in [0.15, 0.2) is 0 Å². The molecule has 0 saturated carbocycles. The first kappa shape index (κ1) is 14.9. The number of carbonyl (C=O) groups is 2. The van der Waals surface area contributed by atoms with Crippen molar-refractivity contribution in [2.75, 3.05) is 19.7 Å². The molecule has 5 heteroatoms. The Morgan fingerprint density at radius 1 is 1.31 bits per heavy atom. The quantitative estimate of drug-likeness (QED) is 0.670. The van der Waals surface area contributed by atoms with Crippen molar-refractivity contribution in [3.63, 3.8) is 0 Å². The summed E-state index contributed by atoms with van der Waals surface area (Å²) in [6.07, 6.45) is 0. The number of nitrogens with zero attached hydrogens (tertiary/aromatic N) is 1. The molecule has 0 aromatic heterocycles. The van der Waals surface area contributed by atoms with Gasteiger partial charge in [0.2, 0.25) is 5.91 Å². The van der Waals surface area contributed by atoms with Gasteiger partial charge in [-0.05, 0) is 19.8 Å². The Morgan fingerprint density at radius 3 is 2.25 bits per heavy atom. The molecular weight excluding hydrogens is 208 g/mol. The average molecular weight is 230 g/mol. The number of carbonyl (C=O) groups excluding carboxylic acids is 2. The highest BCUT2D eigenvalue weighted by molar-refractivity contribution is 5.85. The van der Waals surface area contributed by atoms with Crippen LogP contribution in [0.2, 0.25) is 0 Å². The minimum Gasteiger partial charge on any atom is -0.465 e. The van der Waals surface area contributed by atoms with Crippen molar-refractivity contribution >= 4 is 11.9 Å². The summed E-state index contributed by atoms with van der Waals surface area (Å²) in [4.78, 5) is 24.5. The van der Waals surface area contributed by atoms with E-state index in [-0.39, 0.29) is 18.4 Å². The van der Waals surface area contributed by atoms with Gasteiger partial charge < -0.3 is 15.4 Å². The normalized spacial score (nSPS) is 12.4. The van der Waals surface area contributed by atoms with Gasteiger partial charge in [0.15, 0.2) is 0 Å². The van der Waals surface area contributed by atoms with Gasteiger partial charge in [-0.25, -0.2) is 0 Å². The first-order valence-electron chi connectivity index (χ1n) is 5.58. The number of esters is 1. The van der Waals surface area contributed by atoms with Crippen molar-refractivity contribution in [1.82, 2.24) is 4.90 Å².